The molecule has 24 heavy (non-hydrogen) atoms. The molecule has 0 bridgehead atoms. The number of carbonyl (C=O) groups excluding carboxylic acids is 2. The maximum Gasteiger partial charge on any atom is 0.269 e. The standard InChI is InChI=1S/C19H21BrN2O2/c1-12-6-5-7-13(10-12)17(23)21-22-18(24)14-8-9-15(16(20)11-14)19(2,3)4/h5-11H,1-4H3,(H,21,23)(H,22,24). The van der Waals surface area contributed by atoms with Crippen molar-refractivity contribution in [3.63, 3.8) is 0 Å². The Labute approximate surface area is 150 Å². The Kier molecular flexibility index (Phi) is 5.44. The predicted molar refractivity (Wildman–Crippen MR) is 99.0 cm³/mol. The van der Waals surface area contributed by atoms with Crippen molar-refractivity contribution >= 4 is 27.7 Å². The van der Waals surface area contributed by atoms with E-state index < -0.39 is 0 Å². The van der Waals surface area contributed by atoms with Crippen molar-refractivity contribution in [2.45, 2.75) is 33.1 Å². The lowest BCUT2D eigenvalue weighted by molar-refractivity contribution is 0.0846. The topological polar surface area (TPSA) is 58.2 Å². The van der Waals surface area contributed by atoms with E-state index in [2.05, 4.69) is 47.6 Å². The molecule has 4 nitrogen and oxygen atoms in total. The molecule has 0 saturated carbocycles. The summed E-state index contributed by atoms with van der Waals surface area (Å²) in [4.78, 5) is 24.3. The number of nitrogens with one attached hydrogen (secondary N) is 2. The molecule has 0 atom stereocenters. The van der Waals surface area contributed by atoms with Crippen molar-refractivity contribution < 1.29 is 9.59 Å². The first-order chi connectivity index (χ1) is 11.2. The Bertz CT molecular complexity index is 779. The van der Waals surface area contributed by atoms with Gasteiger partial charge in [0.2, 0.25) is 0 Å². The molecule has 2 amide bonds. The molecule has 2 aromatic carbocycles. The van der Waals surface area contributed by atoms with Crippen LogP contribution in [0.15, 0.2) is 46.9 Å². The number of carbonyl (C=O) groups is 2. The zero-order valence-corrected chi connectivity index (χ0v) is 15.8. The van der Waals surface area contributed by atoms with Crippen molar-refractivity contribution in [3.8, 4) is 0 Å². The van der Waals surface area contributed by atoms with E-state index in [1.165, 1.54) is 0 Å². The number of halogens is 1. The summed E-state index contributed by atoms with van der Waals surface area (Å²) in [6.45, 7) is 8.22. The first kappa shape index (κ1) is 18.2. The molecule has 0 fully saturated rings. The molecule has 0 radical (unpaired) electrons. The van der Waals surface area contributed by atoms with Crippen molar-refractivity contribution in [2.75, 3.05) is 0 Å². The Morgan fingerprint density at radius 3 is 2.00 bits per heavy atom. The first-order valence-electron chi connectivity index (χ1n) is 7.66. The average molecular weight is 389 g/mol. The number of hydrazine groups is 1. The molecule has 2 N–H and O–H groups in total. The van der Waals surface area contributed by atoms with Gasteiger partial charge in [-0.15, -0.1) is 0 Å². The summed E-state index contributed by atoms with van der Waals surface area (Å²) in [6, 6.07) is 12.6. The Morgan fingerprint density at radius 1 is 0.917 bits per heavy atom. The highest BCUT2D eigenvalue weighted by molar-refractivity contribution is 9.10. The zero-order chi connectivity index (χ0) is 17.9. The van der Waals surface area contributed by atoms with Crippen molar-refractivity contribution in [1.29, 1.82) is 0 Å². The normalized spacial score (nSPS) is 11.0. The molecule has 2 rings (SSSR count). The van der Waals surface area contributed by atoms with Gasteiger partial charge in [0.15, 0.2) is 0 Å². The van der Waals surface area contributed by atoms with Gasteiger partial charge in [0.1, 0.15) is 0 Å². The second kappa shape index (κ2) is 7.18. The summed E-state index contributed by atoms with van der Waals surface area (Å²) in [7, 11) is 0. The van der Waals surface area contributed by atoms with Gasteiger partial charge in [-0.3, -0.25) is 20.4 Å². The summed E-state index contributed by atoms with van der Waals surface area (Å²) in [5.74, 6) is -0.713. The van der Waals surface area contributed by atoms with E-state index >= 15 is 0 Å². The Morgan fingerprint density at radius 2 is 1.50 bits per heavy atom. The van der Waals surface area contributed by atoms with Crippen LogP contribution in [0.2, 0.25) is 0 Å². The lowest BCUT2D eigenvalue weighted by Gasteiger charge is -2.21. The zero-order valence-electron chi connectivity index (χ0n) is 14.2. The summed E-state index contributed by atoms with van der Waals surface area (Å²) in [5, 5.41) is 0. The van der Waals surface area contributed by atoms with E-state index in [9.17, 15) is 9.59 Å². The van der Waals surface area contributed by atoms with Gasteiger partial charge in [-0.25, -0.2) is 0 Å². The SMILES string of the molecule is Cc1cccc(C(=O)NNC(=O)c2ccc(C(C)(C)C)c(Br)c2)c1. The molecule has 2 aromatic rings. The molecule has 5 heteroatoms. The number of aryl methyl sites for hydroxylation is 1. The monoisotopic (exact) mass is 388 g/mol. The number of hydrogen-bond acceptors (Lipinski definition) is 2. The van der Waals surface area contributed by atoms with E-state index in [1.807, 2.05) is 19.1 Å². The fraction of sp³-hybridized carbons (Fsp3) is 0.263. The molecule has 0 unspecified atom stereocenters. The van der Waals surface area contributed by atoms with Crippen LogP contribution >= 0.6 is 15.9 Å². The fourth-order valence-electron chi connectivity index (χ4n) is 2.31. The minimum Gasteiger partial charge on any atom is -0.267 e. The van der Waals surface area contributed by atoms with Crippen LogP contribution in [-0.4, -0.2) is 11.8 Å². The summed E-state index contributed by atoms with van der Waals surface area (Å²) in [6.07, 6.45) is 0. The van der Waals surface area contributed by atoms with Crippen molar-refractivity contribution in [3.05, 3.63) is 69.2 Å². The van der Waals surface area contributed by atoms with Gasteiger partial charge in [0, 0.05) is 15.6 Å². The smallest absolute Gasteiger partial charge is 0.267 e. The van der Waals surface area contributed by atoms with Crippen LogP contribution in [0.25, 0.3) is 0 Å². The minimum atomic E-state index is -0.364. The van der Waals surface area contributed by atoms with Gasteiger partial charge < -0.3 is 0 Å². The second-order valence-corrected chi connectivity index (χ2v) is 7.58. The molecule has 0 saturated heterocycles. The minimum absolute atomic E-state index is 0.0206. The van der Waals surface area contributed by atoms with Gasteiger partial charge in [0.25, 0.3) is 11.8 Å². The summed E-state index contributed by atoms with van der Waals surface area (Å²) >= 11 is 3.51. The van der Waals surface area contributed by atoms with Crippen molar-refractivity contribution in [2.24, 2.45) is 0 Å². The van der Waals surface area contributed by atoms with Gasteiger partial charge >= 0.3 is 0 Å². The summed E-state index contributed by atoms with van der Waals surface area (Å²) < 4.78 is 0.868. The predicted octanol–water partition coefficient (Wildman–Crippen LogP) is 4.13. The molecule has 0 aliphatic rings. The molecule has 0 aliphatic carbocycles. The van der Waals surface area contributed by atoms with Crippen LogP contribution in [0, 0.1) is 6.92 Å². The highest BCUT2D eigenvalue weighted by atomic mass is 79.9. The molecule has 0 aromatic heterocycles. The molecule has 0 heterocycles. The lowest BCUT2D eigenvalue weighted by atomic mass is 9.86. The molecular weight excluding hydrogens is 368 g/mol. The van der Waals surface area contributed by atoms with E-state index in [0.29, 0.717) is 11.1 Å². The Balaban J connectivity index is 2.05. The second-order valence-electron chi connectivity index (χ2n) is 6.72. The highest BCUT2D eigenvalue weighted by Gasteiger charge is 2.18. The van der Waals surface area contributed by atoms with Gasteiger partial charge in [-0.2, -0.15) is 0 Å². The number of benzene rings is 2. The van der Waals surface area contributed by atoms with Gasteiger partial charge in [-0.05, 0) is 42.2 Å². The molecule has 0 spiro atoms. The molecule has 126 valence electrons. The first-order valence-corrected chi connectivity index (χ1v) is 8.45. The lowest BCUT2D eigenvalue weighted by Crippen LogP contribution is -2.41. The molecular formula is C19H21BrN2O2. The fourth-order valence-corrected chi connectivity index (χ4v) is 3.28. The van der Waals surface area contributed by atoms with E-state index in [1.54, 1.807) is 30.3 Å². The maximum absolute atomic E-state index is 12.2. The van der Waals surface area contributed by atoms with E-state index in [0.717, 1.165) is 15.6 Å². The van der Waals surface area contributed by atoms with Crippen LogP contribution in [0.5, 0.6) is 0 Å². The van der Waals surface area contributed by atoms with Crippen LogP contribution in [0.1, 0.15) is 52.6 Å². The number of amides is 2. The quantitative estimate of drug-likeness (QED) is 0.759. The average Bonchev–Trinajstić information content (AvgIpc) is 2.50. The van der Waals surface area contributed by atoms with Crippen LogP contribution in [0.3, 0.4) is 0 Å². The third-order valence-electron chi connectivity index (χ3n) is 3.61. The third kappa shape index (κ3) is 4.45. The van der Waals surface area contributed by atoms with Crippen LogP contribution in [0.4, 0.5) is 0 Å². The van der Waals surface area contributed by atoms with Crippen molar-refractivity contribution in [1.82, 2.24) is 10.9 Å². The highest BCUT2D eigenvalue weighted by Crippen LogP contribution is 2.30. The van der Waals surface area contributed by atoms with Crippen LogP contribution < -0.4 is 10.9 Å². The number of hydrogen-bond donors (Lipinski definition) is 2. The van der Waals surface area contributed by atoms with E-state index in [-0.39, 0.29) is 17.2 Å². The van der Waals surface area contributed by atoms with E-state index in [4.69, 9.17) is 0 Å². The molecule has 0 aliphatic heterocycles. The van der Waals surface area contributed by atoms with Crippen LogP contribution in [-0.2, 0) is 5.41 Å². The largest absolute Gasteiger partial charge is 0.269 e. The number of rotatable bonds is 2. The maximum atomic E-state index is 12.2. The Hall–Kier alpha value is -2.14. The van der Waals surface area contributed by atoms with Gasteiger partial charge in [0.05, 0.1) is 0 Å². The summed E-state index contributed by atoms with van der Waals surface area (Å²) in [5.41, 5.74) is 7.92. The van der Waals surface area contributed by atoms with Gasteiger partial charge in [-0.1, -0.05) is 60.5 Å². The third-order valence-corrected chi connectivity index (χ3v) is 4.27.